The zero-order chi connectivity index (χ0) is 13.3. The molecule has 1 heterocycles. The first-order chi connectivity index (χ1) is 8.52. The van der Waals surface area contributed by atoms with Gasteiger partial charge in [-0.15, -0.1) is 11.3 Å². The molecule has 0 bridgehead atoms. The van der Waals surface area contributed by atoms with Gasteiger partial charge in [0.1, 0.15) is 5.01 Å². The molecular weight excluding hydrogens is 308 g/mol. The maximum absolute atomic E-state index is 4.70. The molecule has 1 aromatic carbocycles. The van der Waals surface area contributed by atoms with E-state index in [1.54, 1.807) is 11.3 Å². The van der Waals surface area contributed by atoms with Crippen molar-refractivity contribution in [3.8, 4) is 10.6 Å². The molecule has 18 heavy (non-hydrogen) atoms. The van der Waals surface area contributed by atoms with E-state index in [9.17, 15) is 0 Å². The number of nitrogens with one attached hydrogen (secondary N) is 1. The summed E-state index contributed by atoms with van der Waals surface area (Å²) in [6.45, 7) is 6.35. The molecule has 96 valence electrons. The third kappa shape index (κ3) is 2.66. The summed E-state index contributed by atoms with van der Waals surface area (Å²) >= 11 is 5.30. The molecule has 0 spiro atoms. The number of aromatic nitrogens is 1. The van der Waals surface area contributed by atoms with Gasteiger partial charge in [0.05, 0.1) is 5.69 Å². The minimum Gasteiger partial charge on any atom is -0.312 e. The fraction of sp³-hybridized carbons (Fsp3) is 0.357. The van der Waals surface area contributed by atoms with E-state index < -0.39 is 0 Å². The van der Waals surface area contributed by atoms with E-state index in [0.717, 1.165) is 10.7 Å². The fourth-order valence-electron chi connectivity index (χ4n) is 1.83. The summed E-state index contributed by atoms with van der Waals surface area (Å²) in [5, 5.41) is 6.43. The van der Waals surface area contributed by atoms with Crippen molar-refractivity contribution in [1.82, 2.24) is 10.3 Å². The Morgan fingerprint density at radius 1 is 1.28 bits per heavy atom. The summed E-state index contributed by atoms with van der Waals surface area (Å²) in [5.74, 6) is 0. The molecule has 1 aromatic heterocycles. The standard InChI is InChI=1S/C14H17BrN2S/c1-8-5-11(6-9(2)13(8)15)14-17-12(7-18-14)10(3)16-4/h5-7,10,16H,1-4H3. The van der Waals surface area contributed by atoms with Gasteiger partial charge >= 0.3 is 0 Å². The van der Waals surface area contributed by atoms with Crippen LogP contribution in [0.1, 0.15) is 29.8 Å². The van der Waals surface area contributed by atoms with Gasteiger partial charge in [-0.25, -0.2) is 4.98 Å². The zero-order valence-corrected chi connectivity index (χ0v) is 13.4. The molecule has 2 nitrogen and oxygen atoms in total. The molecule has 0 fully saturated rings. The van der Waals surface area contributed by atoms with Gasteiger partial charge in [-0.3, -0.25) is 0 Å². The SMILES string of the molecule is CNC(C)c1csc(-c2cc(C)c(Br)c(C)c2)n1. The van der Waals surface area contributed by atoms with Gasteiger partial charge in [0, 0.05) is 21.5 Å². The summed E-state index contributed by atoms with van der Waals surface area (Å²) in [6, 6.07) is 4.67. The maximum atomic E-state index is 4.70. The Kier molecular flexibility index (Phi) is 4.20. The quantitative estimate of drug-likeness (QED) is 0.900. The molecule has 1 atom stereocenters. The van der Waals surface area contributed by atoms with Crippen LogP contribution in [-0.2, 0) is 0 Å². The van der Waals surface area contributed by atoms with Crippen LogP contribution in [0.25, 0.3) is 10.6 Å². The van der Waals surface area contributed by atoms with E-state index in [4.69, 9.17) is 4.98 Å². The van der Waals surface area contributed by atoms with E-state index >= 15 is 0 Å². The van der Waals surface area contributed by atoms with E-state index in [1.807, 2.05) is 7.05 Å². The van der Waals surface area contributed by atoms with E-state index in [0.29, 0.717) is 6.04 Å². The second-order valence-corrected chi connectivity index (χ2v) is 6.16. The smallest absolute Gasteiger partial charge is 0.123 e. The summed E-state index contributed by atoms with van der Waals surface area (Å²) in [5.41, 5.74) is 4.82. The number of halogens is 1. The van der Waals surface area contributed by atoms with E-state index in [2.05, 4.69) is 59.5 Å². The van der Waals surface area contributed by atoms with Crippen LogP contribution in [0.3, 0.4) is 0 Å². The topological polar surface area (TPSA) is 24.9 Å². The molecule has 4 heteroatoms. The highest BCUT2D eigenvalue weighted by atomic mass is 79.9. The second kappa shape index (κ2) is 5.51. The van der Waals surface area contributed by atoms with Crippen LogP contribution in [0, 0.1) is 13.8 Å². The van der Waals surface area contributed by atoms with Crippen LogP contribution in [0.2, 0.25) is 0 Å². The molecule has 1 N–H and O–H groups in total. The zero-order valence-electron chi connectivity index (χ0n) is 11.0. The molecule has 0 aliphatic carbocycles. The van der Waals surface area contributed by atoms with Crippen molar-refractivity contribution >= 4 is 27.3 Å². The maximum Gasteiger partial charge on any atom is 0.123 e. The number of aryl methyl sites for hydroxylation is 2. The van der Waals surface area contributed by atoms with Crippen molar-refractivity contribution in [2.24, 2.45) is 0 Å². The lowest BCUT2D eigenvalue weighted by atomic mass is 10.1. The lowest BCUT2D eigenvalue weighted by Crippen LogP contribution is -2.12. The Morgan fingerprint density at radius 3 is 2.44 bits per heavy atom. The molecule has 0 aliphatic heterocycles. The van der Waals surface area contributed by atoms with Gasteiger partial charge < -0.3 is 5.32 Å². The molecule has 2 aromatic rings. The monoisotopic (exact) mass is 324 g/mol. The molecule has 0 amide bonds. The Labute approximate surface area is 121 Å². The van der Waals surface area contributed by atoms with Crippen molar-refractivity contribution in [3.05, 3.63) is 38.8 Å². The number of rotatable bonds is 3. The number of hydrogen-bond donors (Lipinski definition) is 1. The number of thiazole rings is 1. The Hall–Kier alpha value is -0.710. The highest BCUT2D eigenvalue weighted by Gasteiger charge is 2.11. The van der Waals surface area contributed by atoms with E-state index in [1.165, 1.54) is 21.2 Å². The van der Waals surface area contributed by atoms with Gasteiger partial charge in [0.15, 0.2) is 0 Å². The molecule has 2 rings (SSSR count). The molecule has 0 saturated heterocycles. The predicted molar refractivity (Wildman–Crippen MR) is 82.2 cm³/mol. The highest BCUT2D eigenvalue weighted by Crippen LogP contribution is 2.31. The van der Waals surface area contributed by atoms with Crippen molar-refractivity contribution in [3.63, 3.8) is 0 Å². The normalized spacial score (nSPS) is 12.7. The molecule has 1 unspecified atom stereocenters. The van der Waals surface area contributed by atoms with Crippen molar-refractivity contribution in [2.45, 2.75) is 26.8 Å². The van der Waals surface area contributed by atoms with Crippen LogP contribution >= 0.6 is 27.3 Å². The number of nitrogens with zero attached hydrogens (tertiary/aromatic N) is 1. The van der Waals surface area contributed by atoms with Crippen LogP contribution in [0.5, 0.6) is 0 Å². The van der Waals surface area contributed by atoms with Crippen molar-refractivity contribution in [2.75, 3.05) is 7.05 Å². The van der Waals surface area contributed by atoms with Gasteiger partial charge in [-0.05, 0) is 51.1 Å². The molecular formula is C14H17BrN2S. The minimum absolute atomic E-state index is 0.299. The Bertz CT molecular complexity index is 540. The van der Waals surface area contributed by atoms with Crippen molar-refractivity contribution in [1.29, 1.82) is 0 Å². The average molecular weight is 325 g/mol. The first-order valence-electron chi connectivity index (χ1n) is 5.92. The predicted octanol–water partition coefficient (Wildman–Crippen LogP) is 4.47. The van der Waals surface area contributed by atoms with Crippen molar-refractivity contribution < 1.29 is 0 Å². The Morgan fingerprint density at radius 2 is 1.89 bits per heavy atom. The highest BCUT2D eigenvalue weighted by molar-refractivity contribution is 9.10. The van der Waals surface area contributed by atoms with Gasteiger partial charge in [0.25, 0.3) is 0 Å². The van der Waals surface area contributed by atoms with Crippen LogP contribution < -0.4 is 5.32 Å². The Balaban J connectivity index is 2.40. The summed E-state index contributed by atoms with van der Waals surface area (Å²) in [4.78, 5) is 4.70. The van der Waals surface area contributed by atoms with Gasteiger partial charge in [-0.2, -0.15) is 0 Å². The second-order valence-electron chi connectivity index (χ2n) is 4.51. The summed E-state index contributed by atoms with van der Waals surface area (Å²) in [6.07, 6.45) is 0. The largest absolute Gasteiger partial charge is 0.312 e. The lowest BCUT2D eigenvalue weighted by Gasteiger charge is -2.07. The fourth-order valence-corrected chi connectivity index (χ4v) is 2.97. The number of hydrogen-bond acceptors (Lipinski definition) is 3. The first kappa shape index (κ1) is 13.7. The molecule has 0 aliphatic rings. The molecule has 0 radical (unpaired) electrons. The van der Waals surface area contributed by atoms with Gasteiger partial charge in [-0.1, -0.05) is 15.9 Å². The third-order valence-corrected chi connectivity index (χ3v) is 5.24. The number of benzene rings is 1. The average Bonchev–Trinajstić information content (AvgIpc) is 2.84. The first-order valence-corrected chi connectivity index (χ1v) is 7.60. The van der Waals surface area contributed by atoms with Crippen LogP contribution in [0.15, 0.2) is 22.0 Å². The van der Waals surface area contributed by atoms with Gasteiger partial charge in [0.2, 0.25) is 0 Å². The molecule has 0 saturated carbocycles. The third-order valence-electron chi connectivity index (χ3n) is 3.08. The summed E-state index contributed by atoms with van der Waals surface area (Å²) < 4.78 is 1.19. The van der Waals surface area contributed by atoms with Crippen LogP contribution in [0.4, 0.5) is 0 Å². The minimum atomic E-state index is 0.299. The lowest BCUT2D eigenvalue weighted by molar-refractivity contribution is 0.637. The van der Waals surface area contributed by atoms with E-state index in [-0.39, 0.29) is 0 Å². The summed E-state index contributed by atoms with van der Waals surface area (Å²) in [7, 11) is 1.96. The van der Waals surface area contributed by atoms with Crippen LogP contribution in [-0.4, -0.2) is 12.0 Å².